The van der Waals surface area contributed by atoms with Crippen molar-refractivity contribution in [3.8, 4) is 0 Å². The van der Waals surface area contributed by atoms with Gasteiger partial charge in [-0.15, -0.1) is 11.3 Å². The van der Waals surface area contributed by atoms with Gasteiger partial charge in [0.15, 0.2) is 0 Å². The van der Waals surface area contributed by atoms with Crippen LogP contribution in [0.3, 0.4) is 0 Å². The van der Waals surface area contributed by atoms with Gasteiger partial charge in [0.1, 0.15) is 10.6 Å². The fourth-order valence-electron chi connectivity index (χ4n) is 3.56. The number of rotatable bonds is 3. The van der Waals surface area contributed by atoms with E-state index in [9.17, 15) is 4.79 Å². The van der Waals surface area contributed by atoms with Crippen LogP contribution in [-0.2, 0) is 29.0 Å². The number of morpholine rings is 1. The molecule has 0 spiro atoms. The Morgan fingerprint density at radius 2 is 2.04 bits per heavy atom. The maximum absolute atomic E-state index is 12.5. The first-order valence-electron chi connectivity index (χ1n) is 8.69. The number of hydrogen-bond acceptors (Lipinski definition) is 7. The Hall–Kier alpha value is -1.48. The number of nitrogens with zero attached hydrogens (tertiary/aromatic N) is 3. The van der Waals surface area contributed by atoms with Crippen LogP contribution in [0.25, 0.3) is 10.2 Å². The van der Waals surface area contributed by atoms with Crippen LogP contribution in [0.4, 0.5) is 5.82 Å². The van der Waals surface area contributed by atoms with Crippen LogP contribution in [0, 0.1) is 0 Å². The summed E-state index contributed by atoms with van der Waals surface area (Å²) in [5.74, 6) is 0.345. The van der Waals surface area contributed by atoms with Gasteiger partial charge in [0.2, 0.25) is 0 Å². The van der Waals surface area contributed by atoms with Crippen LogP contribution in [0.2, 0.25) is 0 Å². The predicted molar refractivity (Wildman–Crippen MR) is 98.1 cm³/mol. The number of ether oxygens (including phenoxy) is 2. The van der Waals surface area contributed by atoms with Crippen LogP contribution in [0.5, 0.6) is 0 Å². The summed E-state index contributed by atoms with van der Waals surface area (Å²) in [4.78, 5) is 21.0. The van der Waals surface area contributed by atoms with Crippen LogP contribution in [-0.4, -0.2) is 52.9 Å². The molecule has 1 saturated heterocycles. The minimum absolute atomic E-state index is 0.220. The molecule has 8 heteroatoms. The largest absolute Gasteiger partial charge is 0.383 e. The second-order valence-electron chi connectivity index (χ2n) is 7.29. The molecule has 7 nitrogen and oxygen atoms in total. The van der Waals surface area contributed by atoms with Gasteiger partial charge >= 0.3 is 5.69 Å². The molecule has 4 heterocycles. The molecule has 0 radical (unpaired) electrons. The van der Waals surface area contributed by atoms with Gasteiger partial charge in [-0.1, -0.05) is 0 Å². The third kappa shape index (κ3) is 3.19. The highest BCUT2D eigenvalue weighted by atomic mass is 32.1. The molecule has 136 valence electrons. The molecule has 0 unspecified atom stereocenters. The van der Waals surface area contributed by atoms with Crippen molar-refractivity contribution in [2.24, 2.45) is 0 Å². The highest BCUT2D eigenvalue weighted by molar-refractivity contribution is 7.19. The molecular weight excluding hydrogens is 340 g/mol. The van der Waals surface area contributed by atoms with E-state index in [-0.39, 0.29) is 11.3 Å². The van der Waals surface area contributed by atoms with E-state index in [1.165, 1.54) is 5.56 Å². The van der Waals surface area contributed by atoms with E-state index in [0.717, 1.165) is 54.4 Å². The van der Waals surface area contributed by atoms with Crippen LogP contribution < -0.4 is 11.4 Å². The molecule has 0 aromatic carbocycles. The number of thiophene rings is 1. The molecule has 0 atom stereocenters. The van der Waals surface area contributed by atoms with Crippen molar-refractivity contribution >= 4 is 27.4 Å². The van der Waals surface area contributed by atoms with Gasteiger partial charge in [-0.05, 0) is 19.4 Å². The third-order valence-corrected chi connectivity index (χ3v) is 6.19. The SMILES string of the molecule is CC1(C)Cc2c(sc3c2c(N)nc(=O)n3CCN2CCOCC2)CO1. The predicted octanol–water partition coefficient (Wildman–Crippen LogP) is 1.22. The average Bonchev–Trinajstić information content (AvgIpc) is 2.93. The Morgan fingerprint density at radius 1 is 1.28 bits per heavy atom. The van der Waals surface area contributed by atoms with Gasteiger partial charge < -0.3 is 15.2 Å². The number of anilines is 1. The summed E-state index contributed by atoms with van der Waals surface area (Å²) < 4.78 is 13.1. The van der Waals surface area contributed by atoms with E-state index in [0.29, 0.717) is 19.0 Å². The molecule has 2 aliphatic rings. The normalized spacial score (nSPS) is 20.7. The highest BCUT2D eigenvalue weighted by Crippen LogP contribution is 2.40. The maximum atomic E-state index is 12.5. The lowest BCUT2D eigenvalue weighted by atomic mass is 9.94. The van der Waals surface area contributed by atoms with Crippen molar-refractivity contribution in [3.63, 3.8) is 0 Å². The monoisotopic (exact) mass is 364 g/mol. The fraction of sp³-hybridized carbons (Fsp3) is 0.647. The smallest absolute Gasteiger partial charge is 0.350 e. The first-order valence-corrected chi connectivity index (χ1v) is 9.51. The third-order valence-electron chi connectivity index (χ3n) is 4.96. The van der Waals surface area contributed by atoms with Crippen molar-refractivity contribution in [3.05, 3.63) is 20.9 Å². The van der Waals surface area contributed by atoms with Crippen LogP contribution in [0.15, 0.2) is 4.79 Å². The molecule has 2 aliphatic heterocycles. The van der Waals surface area contributed by atoms with Gasteiger partial charge in [-0.2, -0.15) is 4.98 Å². The molecule has 2 aromatic heterocycles. The van der Waals surface area contributed by atoms with E-state index < -0.39 is 0 Å². The Morgan fingerprint density at radius 3 is 2.80 bits per heavy atom. The average molecular weight is 364 g/mol. The minimum Gasteiger partial charge on any atom is -0.383 e. The number of nitrogens with two attached hydrogens (primary N) is 1. The van der Waals surface area contributed by atoms with E-state index >= 15 is 0 Å². The highest BCUT2D eigenvalue weighted by Gasteiger charge is 2.31. The summed E-state index contributed by atoms with van der Waals surface area (Å²) in [5, 5.41) is 0.943. The van der Waals surface area contributed by atoms with Crippen molar-refractivity contribution in [1.82, 2.24) is 14.5 Å². The summed E-state index contributed by atoms with van der Waals surface area (Å²) >= 11 is 1.62. The first kappa shape index (κ1) is 17.0. The standard InChI is InChI=1S/C17H24N4O3S/c1-17(2)9-11-12(10-24-17)25-15-13(11)14(18)19-16(22)21(15)4-3-20-5-7-23-8-6-20/h3-10H2,1-2H3,(H2,18,19,22). The van der Waals surface area contributed by atoms with E-state index in [1.807, 2.05) is 0 Å². The van der Waals surface area contributed by atoms with Gasteiger partial charge in [-0.25, -0.2) is 4.79 Å². The summed E-state index contributed by atoms with van der Waals surface area (Å²) in [6.07, 6.45) is 0.788. The fourth-order valence-corrected chi connectivity index (χ4v) is 4.82. The lowest BCUT2D eigenvalue weighted by Crippen LogP contribution is -2.39. The first-order chi connectivity index (χ1) is 11.9. The number of hydrogen-bond donors (Lipinski definition) is 1. The second-order valence-corrected chi connectivity index (χ2v) is 8.38. The molecule has 0 amide bonds. The zero-order valence-electron chi connectivity index (χ0n) is 14.7. The lowest BCUT2D eigenvalue weighted by molar-refractivity contribution is -0.0379. The zero-order chi connectivity index (χ0) is 17.6. The van der Waals surface area contributed by atoms with E-state index in [4.69, 9.17) is 15.2 Å². The number of nitrogen functional groups attached to an aromatic ring is 1. The summed E-state index contributed by atoms with van der Waals surface area (Å²) in [6, 6.07) is 0. The molecule has 1 fully saturated rings. The summed E-state index contributed by atoms with van der Waals surface area (Å²) in [6.45, 7) is 9.48. The number of fused-ring (bicyclic) bond motifs is 3. The minimum atomic E-state index is -0.267. The van der Waals surface area contributed by atoms with Gasteiger partial charge in [0.25, 0.3) is 0 Å². The molecule has 0 bridgehead atoms. The van der Waals surface area contributed by atoms with Crippen LogP contribution in [0.1, 0.15) is 24.3 Å². The van der Waals surface area contributed by atoms with Crippen molar-refractivity contribution in [2.75, 3.05) is 38.6 Å². The zero-order valence-corrected chi connectivity index (χ0v) is 15.5. The lowest BCUT2D eigenvalue weighted by Gasteiger charge is -2.30. The Bertz CT molecular complexity index is 852. The Kier molecular flexibility index (Phi) is 4.31. The van der Waals surface area contributed by atoms with E-state index in [2.05, 4.69) is 23.7 Å². The van der Waals surface area contributed by atoms with Crippen molar-refractivity contribution in [2.45, 2.75) is 39.0 Å². The maximum Gasteiger partial charge on any atom is 0.350 e. The summed E-state index contributed by atoms with van der Waals surface area (Å²) in [5.41, 5.74) is 6.85. The van der Waals surface area contributed by atoms with Crippen molar-refractivity contribution in [1.29, 1.82) is 0 Å². The number of aromatic nitrogens is 2. The molecule has 0 aliphatic carbocycles. The Labute approximate surface area is 150 Å². The Balaban J connectivity index is 1.72. The molecule has 0 saturated carbocycles. The summed E-state index contributed by atoms with van der Waals surface area (Å²) in [7, 11) is 0. The molecular formula is C17H24N4O3S. The molecule has 4 rings (SSSR count). The van der Waals surface area contributed by atoms with E-state index in [1.54, 1.807) is 15.9 Å². The molecule has 2 aromatic rings. The van der Waals surface area contributed by atoms with Gasteiger partial charge in [0, 0.05) is 37.5 Å². The van der Waals surface area contributed by atoms with Gasteiger partial charge in [-0.3, -0.25) is 9.47 Å². The molecule has 25 heavy (non-hydrogen) atoms. The quantitative estimate of drug-likeness (QED) is 0.882. The van der Waals surface area contributed by atoms with Crippen molar-refractivity contribution < 1.29 is 9.47 Å². The van der Waals surface area contributed by atoms with Crippen LogP contribution >= 0.6 is 11.3 Å². The topological polar surface area (TPSA) is 82.6 Å². The second kappa shape index (κ2) is 6.35. The van der Waals surface area contributed by atoms with Gasteiger partial charge in [0.05, 0.1) is 30.8 Å². The molecule has 2 N–H and O–H groups in total.